The van der Waals surface area contributed by atoms with Gasteiger partial charge in [-0.15, -0.1) is 0 Å². The molecule has 7 heteroatoms. The number of thiocarbonyl (C=S) groups is 1. The van der Waals surface area contributed by atoms with E-state index in [1.165, 1.54) is 0 Å². The lowest BCUT2D eigenvalue weighted by atomic mass is 10.3. The van der Waals surface area contributed by atoms with Gasteiger partial charge in [0.15, 0.2) is 0 Å². The van der Waals surface area contributed by atoms with Crippen LogP contribution in [0.5, 0.6) is 11.5 Å². The first-order chi connectivity index (χ1) is 11.2. The predicted molar refractivity (Wildman–Crippen MR) is 92.2 cm³/mol. The van der Waals surface area contributed by atoms with Crippen LogP contribution in [-0.4, -0.2) is 18.3 Å². The minimum absolute atomic E-state index is 0.164. The van der Waals surface area contributed by atoms with Gasteiger partial charge in [0.25, 0.3) is 0 Å². The Balaban J connectivity index is 2.06. The van der Waals surface area contributed by atoms with E-state index < -0.39 is 7.82 Å². The van der Waals surface area contributed by atoms with Crippen LogP contribution in [0.25, 0.3) is 0 Å². The Bertz CT molecular complexity index is 644. The summed E-state index contributed by atoms with van der Waals surface area (Å²) >= 11 is 4.49. The third-order valence-electron chi connectivity index (χ3n) is 2.65. The van der Waals surface area contributed by atoms with Gasteiger partial charge in [0, 0.05) is 0 Å². The Labute approximate surface area is 140 Å². The van der Waals surface area contributed by atoms with Crippen LogP contribution in [0.15, 0.2) is 65.7 Å². The van der Waals surface area contributed by atoms with Gasteiger partial charge in [0.2, 0.25) is 0 Å². The van der Waals surface area contributed by atoms with Gasteiger partial charge in [-0.1, -0.05) is 36.4 Å². The third-order valence-corrected chi connectivity index (χ3v) is 4.15. The number of nitrogens with zero attached hydrogens (tertiary/aromatic N) is 1. The van der Waals surface area contributed by atoms with Gasteiger partial charge in [-0.2, -0.15) is 0 Å². The van der Waals surface area contributed by atoms with Crippen LogP contribution in [0, 0.1) is 0 Å². The number of hydrogen-bond acceptors (Lipinski definition) is 6. The second-order valence-corrected chi connectivity index (χ2v) is 6.12. The minimum Gasteiger partial charge on any atom is -0.395 e. The van der Waals surface area contributed by atoms with Gasteiger partial charge in [-0.25, -0.2) is 9.56 Å². The molecule has 120 valence electrons. The molecule has 0 N–H and O–H groups in total. The molecule has 2 aromatic carbocycles. The van der Waals surface area contributed by atoms with Gasteiger partial charge in [0.05, 0.1) is 18.3 Å². The highest BCUT2D eigenvalue weighted by Gasteiger charge is 2.30. The maximum Gasteiger partial charge on any atom is 0.587 e. The highest BCUT2D eigenvalue weighted by Crippen LogP contribution is 2.49. The van der Waals surface area contributed by atoms with Crippen molar-refractivity contribution < 1.29 is 18.1 Å². The van der Waals surface area contributed by atoms with E-state index in [9.17, 15) is 4.57 Å². The number of hydrogen-bond donors (Lipinski definition) is 0. The number of aliphatic imine (C=N–C) groups is 1. The van der Waals surface area contributed by atoms with Crippen LogP contribution in [0.1, 0.15) is 6.42 Å². The summed E-state index contributed by atoms with van der Waals surface area (Å²) in [6.45, 7) is 0.609. The zero-order chi connectivity index (χ0) is 16.4. The molecule has 0 saturated heterocycles. The molecule has 5 nitrogen and oxygen atoms in total. The number of benzene rings is 2. The van der Waals surface area contributed by atoms with Crippen molar-refractivity contribution in [1.82, 2.24) is 0 Å². The summed E-state index contributed by atoms with van der Waals surface area (Å²) in [5.74, 6) is 0.812. The number of isothiocyanates is 1. The summed E-state index contributed by atoms with van der Waals surface area (Å²) in [5.41, 5.74) is 0. The third kappa shape index (κ3) is 6.35. The van der Waals surface area contributed by atoms with Gasteiger partial charge in [-0.05, 0) is 42.9 Å². The lowest BCUT2D eigenvalue weighted by Crippen LogP contribution is -2.06. The summed E-state index contributed by atoms with van der Waals surface area (Å²) in [6, 6.07) is 17.5. The Hall–Kier alpha value is -1.97. The van der Waals surface area contributed by atoms with E-state index in [4.69, 9.17) is 13.6 Å². The minimum atomic E-state index is -3.80. The monoisotopic (exact) mass is 349 g/mol. The van der Waals surface area contributed by atoms with Crippen molar-refractivity contribution in [2.75, 3.05) is 13.2 Å². The number of phosphoric ester groups is 1. The van der Waals surface area contributed by atoms with E-state index in [1.807, 2.05) is 12.1 Å². The van der Waals surface area contributed by atoms with Crippen molar-refractivity contribution in [3.8, 4) is 11.5 Å². The van der Waals surface area contributed by atoms with E-state index in [0.717, 1.165) is 0 Å². The van der Waals surface area contributed by atoms with Crippen molar-refractivity contribution >= 4 is 25.2 Å². The normalized spacial score (nSPS) is 10.6. The first-order valence-corrected chi connectivity index (χ1v) is 8.86. The zero-order valence-electron chi connectivity index (χ0n) is 12.3. The standard InChI is InChI=1S/C16H16NO4PS/c18-22(19-13-7-12-17-14-23,20-15-8-3-1-4-9-15)21-16-10-5-2-6-11-16/h1-6,8-11H,7,12-13H2. The molecule has 0 aliphatic heterocycles. The van der Waals surface area contributed by atoms with Crippen molar-refractivity contribution in [3.05, 3.63) is 60.7 Å². The molecule has 0 heterocycles. The van der Waals surface area contributed by atoms with Crippen molar-refractivity contribution in [2.45, 2.75) is 6.42 Å². The molecule has 0 aliphatic rings. The van der Waals surface area contributed by atoms with Crippen LogP contribution in [-0.2, 0) is 9.09 Å². The molecule has 0 atom stereocenters. The molecule has 0 spiro atoms. The highest BCUT2D eigenvalue weighted by atomic mass is 32.1. The van der Waals surface area contributed by atoms with Gasteiger partial charge < -0.3 is 9.05 Å². The van der Waals surface area contributed by atoms with Crippen LogP contribution in [0.4, 0.5) is 0 Å². The molecule has 2 rings (SSSR count). The molecule has 0 radical (unpaired) electrons. The first kappa shape index (κ1) is 17.4. The Morgan fingerprint density at radius 2 is 1.48 bits per heavy atom. The van der Waals surface area contributed by atoms with E-state index in [1.54, 1.807) is 48.5 Å². The number of rotatable bonds is 9. The second kappa shape index (κ2) is 9.23. The fraction of sp³-hybridized carbons (Fsp3) is 0.188. The highest BCUT2D eigenvalue weighted by molar-refractivity contribution is 7.78. The molecule has 0 fully saturated rings. The molecule has 2 aromatic rings. The lowest BCUT2D eigenvalue weighted by Gasteiger charge is -2.18. The molecular formula is C16H16NO4PS. The summed E-state index contributed by atoms with van der Waals surface area (Å²) in [7, 11) is -3.80. The fourth-order valence-corrected chi connectivity index (χ4v) is 3.00. The summed E-state index contributed by atoms with van der Waals surface area (Å²) in [4.78, 5) is 3.77. The van der Waals surface area contributed by atoms with Crippen LogP contribution >= 0.6 is 20.0 Å². The SMILES string of the molecule is O=P(OCCCN=C=S)(Oc1ccccc1)Oc1ccccc1. The Kier molecular flexibility index (Phi) is 6.98. The lowest BCUT2D eigenvalue weighted by molar-refractivity contribution is 0.208. The number of para-hydroxylation sites is 2. The van der Waals surface area contributed by atoms with Crippen molar-refractivity contribution in [2.24, 2.45) is 4.99 Å². The Morgan fingerprint density at radius 3 is 1.96 bits per heavy atom. The van der Waals surface area contributed by atoms with E-state index in [0.29, 0.717) is 24.5 Å². The van der Waals surface area contributed by atoms with Crippen LogP contribution in [0.3, 0.4) is 0 Å². The average molecular weight is 349 g/mol. The number of phosphoric acid groups is 1. The predicted octanol–water partition coefficient (Wildman–Crippen LogP) is 4.76. The molecule has 0 saturated carbocycles. The Morgan fingerprint density at radius 1 is 0.957 bits per heavy atom. The van der Waals surface area contributed by atoms with E-state index >= 15 is 0 Å². The maximum absolute atomic E-state index is 12.9. The molecule has 0 bridgehead atoms. The van der Waals surface area contributed by atoms with Gasteiger partial charge >= 0.3 is 7.82 Å². The van der Waals surface area contributed by atoms with Crippen LogP contribution < -0.4 is 9.05 Å². The smallest absolute Gasteiger partial charge is 0.395 e. The van der Waals surface area contributed by atoms with Gasteiger partial charge in [0.1, 0.15) is 11.5 Å². The van der Waals surface area contributed by atoms with E-state index in [2.05, 4.69) is 22.4 Å². The van der Waals surface area contributed by atoms with Crippen LogP contribution in [0.2, 0.25) is 0 Å². The second-order valence-electron chi connectivity index (χ2n) is 4.42. The van der Waals surface area contributed by atoms with Crippen molar-refractivity contribution in [1.29, 1.82) is 0 Å². The first-order valence-electron chi connectivity index (χ1n) is 6.99. The van der Waals surface area contributed by atoms with Gasteiger partial charge in [-0.3, -0.25) is 4.52 Å². The molecule has 0 amide bonds. The average Bonchev–Trinajstić information content (AvgIpc) is 2.56. The summed E-state index contributed by atoms with van der Waals surface area (Å²) < 4.78 is 29.1. The fourth-order valence-electron chi connectivity index (χ4n) is 1.66. The summed E-state index contributed by atoms with van der Waals surface area (Å²) in [5, 5.41) is 2.27. The van der Waals surface area contributed by atoms with E-state index in [-0.39, 0.29) is 6.61 Å². The molecular weight excluding hydrogens is 333 g/mol. The summed E-state index contributed by atoms with van der Waals surface area (Å²) in [6.07, 6.45) is 0.532. The van der Waals surface area contributed by atoms with Crippen molar-refractivity contribution in [3.63, 3.8) is 0 Å². The molecule has 0 unspecified atom stereocenters. The molecule has 23 heavy (non-hydrogen) atoms. The topological polar surface area (TPSA) is 57.1 Å². The maximum atomic E-state index is 12.9. The molecule has 0 aromatic heterocycles. The molecule has 0 aliphatic carbocycles. The quantitative estimate of drug-likeness (QED) is 0.283. The largest absolute Gasteiger partial charge is 0.587 e. The zero-order valence-corrected chi connectivity index (χ0v) is 14.0.